The fourth-order valence-corrected chi connectivity index (χ4v) is 1.68. The molecule has 0 radical (unpaired) electrons. The summed E-state index contributed by atoms with van der Waals surface area (Å²) in [5, 5.41) is 20.8. The van der Waals surface area contributed by atoms with Crippen molar-refractivity contribution >= 4 is 17.8 Å². The number of aliphatic carboxylic acids is 2. The van der Waals surface area contributed by atoms with Crippen LogP contribution in [0.4, 0.5) is 5.82 Å². The second-order valence-corrected chi connectivity index (χ2v) is 4.30. The summed E-state index contributed by atoms with van der Waals surface area (Å²) in [5.41, 5.74) is 0. The summed E-state index contributed by atoms with van der Waals surface area (Å²) < 4.78 is 0. The normalized spacial score (nSPS) is 12.1. The Labute approximate surface area is 111 Å². The van der Waals surface area contributed by atoms with E-state index in [2.05, 4.69) is 22.2 Å². The smallest absolute Gasteiger partial charge is 0.314 e. The number of nitrogens with one attached hydrogen (secondary N) is 2. The van der Waals surface area contributed by atoms with Crippen LogP contribution >= 0.6 is 0 Å². The standard InChI is InChI=1S/C12H19N3O4/c1-2-3-4-5-13-9-7-14-11(15-9)8(12(18)19)6-10(16)17/h7-8,13H,2-6H2,1H3,(H,14,15)(H,16,17)(H,18,19). The quantitative estimate of drug-likeness (QED) is 0.507. The van der Waals surface area contributed by atoms with Gasteiger partial charge in [-0.2, -0.15) is 0 Å². The molecule has 106 valence electrons. The predicted octanol–water partition coefficient (Wildman–Crippen LogP) is 1.65. The summed E-state index contributed by atoms with van der Waals surface area (Å²) in [6, 6.07) is 0. The lowest BCUT2D eigenvalue weighted by Crippen LogP contribution is -2.17. The first-order valence-electron chi connectivity index (χ1n) is 6.28. The second-order valence-electron chi connectivity index (χ2n) is 4.30. The highest BCUT2D eigenvalue weighted by atomic mass is 16.4. The lowest BCUT2D eigenvalue weighted by atomic mass is 10.1. The van der Waals surface area contributed by atoms with Gasteiger partial charge in [0.25, 0.3) is 0 Å². The topological polar surface area (TPSA) is 115 Å². The Balaban J connectivity index is 2.60. The maximum Gasteiger partial charge on any atom is 0.314 e. The SMILES string of the molecule is CCCCCNc1cnc(C(CC(=O)O)C(=O)O)[nH]1. The predicted molar refractivity (Wildman–Crippen MR) is 69.2 cm³/mol. The third-order valence-electron chi connectivity index (χ3n) is 2.70. The summed E-state index contributed by atoms with van der Waals surface area (Å²) in [5.74, 6) is -2.74. The molecule has 1 unspecified atom stereocenters. The molecule has 7 nitrogen and oxygen atoms in total. The number of nitrogens with zero attached hydrogens (tertiary/aromatic N) is 1. The molecule has 7 heteroatoms. The van der Waals surface area contributed by atoms with E-state index < -0.39 is 24.3 Å². The van der Waals surface area contributed by atoms with E-state index in [9.17, 15) is 9.59 Å². The van der Waals surface area contributed by atoms with Crippen LogP contribution in [-0.4, -0.2) is 38.7 Å². The Morgan fingerprint density at radius 1 is 1.42 bits per heavy atom. The number of carboxylic acids is 2. The van der Waals surface area contributed by atoms with Gasteiger partial charge in [-0.15, -0.1) is 0 Å². The molecule has 0 aromatic carbocycles. The highest BCUT2D eigenvalue weighted by Gasteiger charge is 2.25. The van der Waals surface area contributed by atoms with Crippen molar-refractivity contribution in [2.75, 3.05) is 11.9 Å². The van der Waals surface area contributed by atoms with E-state index in [1.165, 1.54) is 6.20 Å². The van der Waals surface area contributed by atoms with Gasteiger partial charge in [0.1, 0.15) is 17.6 Å². The molecular formula is C12H19N3O4. The van der Waals surface area contributed by atoms with Crippen LogP contribution in [0.25, 0.3) is 0 Å². The maximum atomic E-state index is 11.0. The number of unbranched alkanes of at least 4 members (excludes halogenated alkanes) is 2. The number of aromatic nitrogens is 2. The lowest BCUT2D eigenvalue weighted by molar-refractivity contribution is -0.145. The third-order valence-corrected chi connectivity index (χ3v) is 2.70. The van der Waals surface area contributed by atoms with Crippen molar-refractivity contribution < 1.29 is 19.8 Å². The van der Waals surface area contributed by atoms with E-state index in [0.717, 1.165) is 25.8 Å². The van der Waals surface area contributed by atoms with Gasteiger partial charge >= 0.3 is 11.9 Å². The number of H-pyrrole nitrogens is 1. The van der Waals surface area contributed by atoms with Crippen molar-refractivity contribution in [3.8, 4) is 0 Å². The Morgan fingerprint density at radius 2 is 2.16 bits per heavy atom. The molecule has 0 saturated carbocycles. The molecule has 1 rings (SSSR count). The number of hydrogen-bond donors (Lipinski definition) is 4. The van der Waals surface area contributed by atoms with Crippen LogP contribution in [0, 0.1) is 0 Å². The number of hydrogen-bond acceptors (Lipinski definition) is 4. The van der Waals surface area contributed by atoms with Crippen molar-refractivity contribution in [3.63, 3.8) is 0 Å². The zero-order valence-corrected chi connectivity index (χ0v) is 10.8. The molecule has 1 atom stereocenters. The minimum Gasteiger partial charge on any atom is -0.481 e. The first-order chi connectivity index (χ1) is 9.04. The average molecular weight is 269 g/mol. The average Bonchev–Trinajstić information content (AvgIpc) is 2.79. The number of aromatic amines is 1. The van der Waals surface area contributed by atoms with Crippen LogP contribution in [0.3, 0.4) is 0 Å². The Kier molecular flexibility index (Phi) is 5.84. The van der Waals surface area contributed by atoms with Crippen molar-refractivity contribution in [2.45, 2.75) is 38.5 Å². The largest absolute Gasteiger partial charge is 0.481 e. The van der Waals surface area contributed by atoms with Gasteiger partial charge < -0.3 is 20.5 Å². The molecule has 4 N–H and O–H groups in total. The zero-order valence-electron chi connectivity index (χ0n) is 10.8. The summed E-state index contributed by atoms with van der Waals surface area (Å²) >= 11 is 0. The van der Waals surface area contributed by atoms with E-state index in [1.807, 2.05) is 0 Å². The molecule has 0 aliphatic heterocycles. The number of carboxylic acid groups (broad SMARTS) is 2. The lowest BCUT2D eigenvalue weighted by Gasteiger charge is -2.06. The van der Waals surface area contributed by atoms with Gasteiger partial charge in [-0.3, -0.25) is 9.59 Å². The van der Waals surface area contributed by atoms with E-state index in [1.54, 1.807) is 0 Å². The van der Waals surface area contributed by atoms with Crippen LogP contribution in [-0.2, 0) is 9.59 Å². The number of carbonyl (C=O) groups is 2. The molecule has 0 bridgehead atoms. The Hall–Kier alpha value is -2.05. The molecule has 0 aliphatic carbocycles. The summed E-state index contributed by atoms with van der Waals surface area (Å²) in [7, 11) is 0. The third kappa shape index (κ3) is 4.99. The molecule has 0 saturated heterocycles. The van der Waals surface area contributed by atoms with Gasteiger partial charge in [0, 0.05) is 6.54 Å². The molecule has 1 heterocycles. The van der Waals surface area contributed by atoms with E-state index in [0.29, 0.717) is 5.82 Å². The van der Waals surface area contributed by atoms with Crippen LogP contribution in [0.5, 0.6) is 0 Å². The number of imidazole rings is 1. The maximum absolute atomic E-state index is 11.0. The minimum absolute atomic E-state index is 0.160. The highest BCUT2D eigenvalue weighted by Crippen LogP contribution is 2.18. The summed E-state index contributed by atoms with van der Waals surface area (Å²) in [6.45, 7) is 2.88. The fourth-order valence-electron chi connectivity index (χ4n) is 1.68. The minimum atomic E-state index is -1.20. The molecule has 19 heavy (non-hydrogen) atoms. The second kappa shape index (κ2) is 7.40. The molecule has 0 amide bonds. The van der Waals surface area contributed by atoms with Gasteiger partial charge in [-0.1, -0.05) is 19.8 Å². The molecule has 0 aliphatic rings. The summed E-state index contributed by atoms with van der Waals surface area (Å²) in [6.07, 6.45) is 4.25. The molecule has 0 spiro atoms. The number of anilines is 1. The highest BCUT2D eigenvalue weighted by molar-refractivity contribution is 5.81. The Morgan fingerprint density at radius 3 is 2.74 bits per heavy atom. The van der Waals surface area contributed by atoms with Crippen LogP contribution < -0.4 is 5.32 Å². The molecule has 1 aromatic heterocycles. The van der Waals surface area contributed by atoms with Gasteiger partial charge in [-0.05, 0) is 6.42 Å². The van der Waals surface area contributed by atoms with Crippen molar-refractivity contribution in [1.29, 1.82) is 0 Å². The monoisotopic (exact) mass is 269 g/mol. The van der Waals surface area contributed by atoms with Gasteiger partial charge in [-0.25, -0.2) is 4.98 Å². The van der Waals surface area contributed by atoms with E-state index in [4.69, 9.17) is 10.2 Å². The van der Waals surface area contributed by atoms with Crippen molar-refractivity contribution in [3.05, 3.63) is 12.0 Å². The van der Waals surface area contributed by atoms with Crippen molar-refractivity contribution in [1.82, 2.24) is 9.97 Å². The summed E-state index contributed by atoms with van der Waals surface area (Å²) in [4.78, 5) is 28.4. The van der Waals surface area contributed by atoms with Gasteiger partial charge in [0.2, 0.25) is 0 Å². The zero-order chi connectivity index (χ0) is 14.3. The number of rotatable bonds is 9. The van der Waals surface area contributed by atoms with Crippen molar-refractivity contribution in [2.24, 2.45) is 0 Å². The molecular weight excluding hydrogens is 250 g/mol. The Bertz CT molecular complexity index is 430. The first-order valence-corrected chi connectivity index (χ1v) is 6.28. The van der Waals surface area contributed by atoms with Gasteiger partial charge in [0.15, 0.2) is 0 Å². The molecule has 0 fully saturated rings. The van der Waals surface area contributed by atoms with Gasteiger partial charge in [0.05, 0.1) is 12.6 Å². The van der Waals surface area contributed by atoms with Crippen LogP contribution in [0.15, 0.2) is 6.20 Å². The first kappa shape index (κ1) is 15.0. The fraction of sp³-hybridized carbons (Fsp3) is 0.583. The van der Waals surface area contributed by atoms with E-state index >= 15 is 0 Å². The molecule has 1 aromatic rings. The van der Waals surface area contributed by atoms with Crippen LogP contribution in [0.2, 0.25) is 0 Å². The van der Waals surface area contributed by atoms with E-state index in [-0.39, 0.29) is 5.82 Å². The van der Waals surface area contributed by atoms with Crippen LogP contribution in [0.1, 0.15) is 44.3 Å².